The average Bonchev–Trinajstić information content (AvgIpc) is 2.23. The first-order valence-electron chi connectivity index (χ1n) is 5.28. The van der Waals surface area contributed by atoms with E-state index in [4.69, 9.17) is 5.73 Å². The van der Waals surface area contributed by atoms with Crippen LogP contribution >= 0.6 is 0 Å². The zero-order valence-corrected chi connectivity index (χ0v) is 10.5. The number of rotatable bonds is 4. The van der Waals surface area contributed by atoms with Crippen LogP contribution in [0, 0.1) is 0 Å². The van der Waals surface area contributed by atoms with Crippen molar-refractivity contribution in [1.29, 1.82) is 0 Å². The first-order chi connectivity index (χ1) is 8.20. The Kier molecular flexibility index (Phi) is 4.33. The third-order valence-corrected chi connectivity index (χ3v) is 2.26. The molecule has 1 aromatic rings. The molecule has 8 heteroatoms. The van der Waals surface area contributed by atoms with E-state index in [-0.39, 0.29) is 11.6 Å². The van der Waals surface area contributed by atoms with Crippen LogP contribution < -0.4 is 10.6 Å². The van der Waals surface area contributed by atoms with Crippen molar-refractivity contribution in [3.8, 4) is 0 Å². The molecule has 0 aliphatic carbocycles. The van der Waals surface area contributed by atoms with Crippen LogP contribution in [-0.2, 0) is 6.18 Å². The summed E-state index contributed by atoms with van der Waals surface area (Å²) >= 11 is 0. The molecule has 0 aliphatic heterocycles. The molecule has 18 heavy (non-hydrogen) atoms. The summed E-state index contributed by atoms with van der Waals surface area (Å²) in [5.74, 6) is -1.24. The lowest BCUT2D eigenvalue weighted by atomic mass is 10.4. The molecule has 5 nitrogen and oxygen atoms in total. The van der Waals surface area contributed by atoms with Gasteiger partial charge in [-0.2, -0.15) is 13.2 Å². The monoisotopic (exact) mass is 263 g/mol. The fourth-order valence-electron chi connectivity index (χ4n) is 1.24. The number of anilines is 2. The Morgan fingerprint density at radius 3 is 2.28 bits per heavy atom. The number of hydrogen-bond acceptors (Lipinski definition) is 5. The van der Waals surface area contributed by atoms with E-state index in [1.807, 2.05) is 19.0 Å². The van der Waals surface area contributed by atoms with Crippen molar-refractivity contribution in [2.75, 3.05) is 44.9 Å². The van der Waals surface area contributed by atoms with Crippen LogP contribution in [0.15, 0.2) is 6.07 Å². The molecule has 0 aromatic carbocycles. The second kappa shape index (κ2) is 5.38. The number of aromatic nitrogens is 2. The van der Waals surface area contributed by atoms with Gasteiger partial charge < -0.3 is 15.5 Å². The quantitative estimate of drug-likeness (QED) is 0.880. The number of nitrogen functional groups attached to an aromatic ring is 1. The minimum Gasteiger partial charge on any atom is -0.384 e. The number of nitrogens with two attached hydrogens (primary N) is 1. The Labute approximate surface area is 103 Å². The predicted octanol–water partition coefficient (Wildman–Crippen LogP) is 1.08. The highest BCUT2D eigenvalue weighted by Gasteiger charge is 2.35. The van der Waals surface area contributed by atoms with Crippen LogP contribution in [0.4, 0.5) is 24.8 Å². The molecule has 0 unspecified atom stereocenters. The third kappa shape index (κ3) is 4.02. The maximum atomic E-state index is 12.5. The van der Waals surface area contributed by atoms with Crippen molar-refractivity contribution < 1.29 is 13.2 Å². The second-order valence-corrected chi connectivity index (χ2v) is 4.20. The Bertz CT molecular complexity index is 405. The number of likely N-dealkylation sites (N-methyl/N-ethyl adjacent to an activating group) is 2. The van der Waals surface area contributed by atoms with Crippen LogP contribution in [0.25, 0.3) is 0 Å². The molecule has 0 radical (unpaired) electrons. The molecule has 0 bridgehead atoms. The van der Waals surface area contributed by atoms with Gasteiger partial charge in [-0.05, 0) is 14.1 Å². The number of hydrogen-bond donors (Lipinski definition) is 1. The molecule has 0 atom stereocenters. The third-order valence-electron chi connectivity index (χ3n) is 2.26. The molecule has 0 spiro atoms. The maximum Gasteiger partial charge on any atom is 0.451 e. The highest BCUT2D eigenvalue weighted by Crippen LogP contribution is 2.28. The van der Waals surface area contributed by atoms with Crippen LogP contribution in [0.3, 0.4) is 0 Å². The van der Waals surface area contributed by atoms with Crippen LogP contribution in [-0.4, -0.2) is 49.1 Å². The van der Waals surface area contributed by atoms with Crippen molar-refractivity contribution >= 4 is 11.6 Å². The molecule has 0 fully saturated rings. The second-order valence-electron chi connectivity index (χ2n) is 4.20. The molecule has 0 amide bonds. The van der Waals surface area contributed by atoms with Crippen molar-refractivity contribution in [2.45, 2.75) is 6.18 Å². The van der Waals surface area contributed by atoms with Crippen LogP contribution in [0.5, 0.6) is 0 Å². The van der Waals surface area contributed by atoms with Gasteiger partial charge in [0.15, 0.2) is 0 Å². The lowest BCUT2D eigenvalue weighted by Crippen LogP contribution is -2.29. The molecule has 1 aromatic heterocycles. The van der Waals surface area contributed by atoms with Gasteiger partial charge in [0, 0.05) is 26.2 Å². The molecular formula is C10H16F3N5. The molecule has 2 N–H and O–H groups in total. The first kappa shape index (κ1) is 14.5. The van der Waals surface area contributed by atoms with Gasteiger partial charge in [-0.15, -0.1) is 0 Å². The van der Waals surface area contributed by atoms with E-state index in [0.29, 0.717) is 13.1 Å². The minimum atomic E-state index is -4.59. The van der Waals surface area contributed by atoms with Gasteiger partial charge >= 0.3 is 6.18 Å². The number of halogens is 3. The standard InChI is InChI=1S/C10H16F3N5/c1-17(2)4-5-18(3)8-6-7(14)15-9(16-8)10(11,12)13/h6H,4-5H2,1-3H3,(H2,14,15,16). The minimum absolute atomic E-state index is 0.164. The summed E-state index contributed by atoms with van der Waals surface area (Å²) < 4.78 is 37.6. The van der Waals surface area contributed by atoms with Crippen LogP contribution in [0.1, 0.15) is 5.82 Å². The summed E-state index contributed by atoms with van der Waals surface area (Å²) in [6.07, 6.45) is -4.59. The van der Waals surface area contributed by atoms with Crippen LogP contribution in [0.2, 0.25) is 0 Å². The molecule has 0 saturated heterocycles. The first-order valence-corrected chi connectivity index (χ1v) is 5.28. The van der Waals surface area contributed by atoms with Crippen molar-refractivity contribution in [2.24, 2.45) is 0 Å². The van der Waals surface area contributed by atoms with Gasteiger partial charge in [0.1, 0.15) is 11.6 Å². The summed E-state index contributed by atoms with van der Waals surface area (Å²) in [7, 11) is 5.41. The van der Waals surface area contributed by atoms with E-state index in [1.165, 1.54) is 6.07 Å². The van der Waals surface area contributed by atoms with Gasteiger partial charge in [-0.25, -0.2) is 9.97 Å². The summed E-state index contributed by atoms with van der Waals surface area (Å²) in [5, 5.41) is 0. The molecule has 102 valence electrons. The van der Waals surface area contributed by atoms with Crippen molar-refractivity contribution in [3.63, 3.8) is 0 Å². The van der Waals surface area contributed by atoms with Gasteiger partial charge in [0.25, 0.3) is 0 Å². The average molecular weight is 263 g/mol. The lowest BCUT2D eigenvalue weighted by Gasteiger charge is -2.21. The Balaban J connectivity index is 2.92. The Morgan fingerprint density at radius 1 is 1.17 bits per heavy atom. The van der Waals surface area contributed by atoms with Gasteiger partial charge in [0.05, 0.1) is 0 Å². The van der Waals surface area contributed by atoms with E-state index in [0.717, 1.165) is 0 Å². The summed E-state index contributed by atoms with van der Waals surface area (Å²) in [5.41, 5.74) is 5.36. The molecule has 0 aliphatic rings. The highest BCUT2D eigenvalue weighted by atomic mass is 19.4. The summed E-state index contributed by atoms with van der Waals surface area (Å²) in [6.45, 7) is 1.24. The maximum absolute atomic E-state index is 12.5. The lowest BCUT2D eigenvalue weighted by molar-refractivity contribution is -0.144. The van der Waals surface area contributed by atoms with E-state index in [2.05, 4.69) is 9.97 Å². The van der Waals surface area contributed by atoms with E-state index >= 15 is 0 Å². The van der Waals surface area contributed by atoms with E-state index in [9.17, 15) is 13.2 Å². The number of alkyl halides is 3. The summed E-state index contributed by atoms with van der Waals surface area (Å²) in [4.78, 5) is 10.2. The zero-order valence-electron chi connectivity index (χ0n) is 10.5. The molecular weight excluding hydrogens is 247 g/mol. The fourth-order valence-corrected chi connectivity index (χ4v) is 1.24. The Hall–Kier alpha value is -1.57. The van der Waals surface area contributed by atoms with E-state index < -0.39 is 12.0 Å². The number of nitrogens with zero attached hydrogens (tertiary/aromatic N) is 4. The Morgan fingerprint density at radius 2 is 1.78 bits per heavy atom. The normalized spacial score (nSPS) is 11.9. The SMILES string of the molecule is CN(C)CCN(C)c1cc(N)nc(C(F)(F)F)n1. The largest absolute Gasteiger partial charge is 0.451 e. The smallest absolute Gasteiger partial charge is 0.384 e. The van der Waals surface area contributed by atoms with Crippen molar-refractivity contribution in [1.82, 2.24) is 14.9 Å². The predicted molar refractivity (Wildman–Crippen MR) is 63.3 cm³/mol. The topological polar surface area (TPSA) is 58.3 Å². The molecule has 1 heterocycles. The van der Waals surface area contributed by atoms with Gasteiger partial charge in [0.2, 0.25) is 5.82 Å². The van der Waals surface area contributed by atoms with Gasteiger partial charge in [-0.3, -0.25) is 0 Å². The molecule has 1 rings (SSSR count). The van der Waals surface area contributed by atoms with Gasteiger partial charge in [-0.1, -0.05) is 0 Å². The summed E-state index contributed by atoms with van der Waals surface area (Å²) in [6, 6.07) is 1.32. The van der Waals surface area contributed by atoms with Crippen molar-refractivity contribution in [3.05, 3.63) is 11.9 Å². The van der Waals surface area contributed by atoms with E-state index in [1.54, 1.807) is 11.9 Å². The highest BCUT2D eigenvalue weighted by molar-refractivity contribution is 5.46. The zero-order chi connectivity index (χ0) is 13.9. The molecule has 0 saturated carbocycles. The fraction of sp³-hybridized carbons (Fsp3) is 0.600.